The number of halogens is 1. The van der Waals surface area contributed by atoms with Crippen LogP contribution in [0.1, 0.15) is 5.56 Å². The highest BCUT2D eigenvalue weighted by atomic mass is 35.5. The molecule has 0 aromatic heterocycles. The lowest BCUT2D eigenvalue weighted by molar-refractivity contribution is 0.0320. The topological polar surface area (TPSA) is 88.4 Å². The van der Waals surface area contributed by atoms with Crippen molar-refractivity contribution in [1.29, 1.82) is 5.26 Å². The molecule has 0 aliphatic heterocycles. The fraction of sp³-hybridized carbons (Fsp3) is 0.417. The van der Waals surface area contributed by atoms with Gasteiger partial charge in [0, 0.05) is 20.8 Å². The van der Waals surface area contributed by atoms with Crippen LogP contribution in [0.15, 0.2) is 23.1 Å². The number of hydrogen-bond donors (Lipinski definition) is 1. The van der Waals surface area contributed by atoms with E-state index in [0.29, 0.717) is 0 Å². The largest absolute Gasteiger partial charge is 0.382 e. The molecule has 1 atom stereocenters. The first-order chi connectivity index (χ1) is 9.44. The van der Waals surface area contributed by atoms with Crippen molar-refractivity contribution in [1.82, 2.24) is 4.72 Å². The first kappa shape index (κ1) is 16.9. The third kappa shape index (κ3) is 4.44. The van der Waals surface area contributed by atoms with Gasteiger partial charge in [-0.25, -0.2) is 13.1 Å². The Bertz CT molecular complexity index is 598. The van der Waals surface area contributed by atoms with E-state index in [-0.39, 0.29) is 34.7 Å². The van der Waals surface area contributed by atoms with Gasteiger partial charge in [0.15, 0.2) is 0 Å². The van der Waals surface area contributed by atoms with Gasteiger partial charge in [-0.05, 0) is 18.2 Å². The second-order valence-electron chi connectivity index (χ2n) is 3.92. The molecular weight excluding hydrogens is 304 g/mol. The van der Waals surface area contributed by atoms with Gasteiger partial charge in [-0.3, -0.25) is 0 Å². The molecule has 0 bridgehead atoms. The molecule has 0 fully saturated rings. The number of nitrogens with zero attached hydrogens (tertiary/aromatic N) is 1. The summed E-state index contributed by atoms with van der Waals surface area (Å²) in [6, 6.07) is 5.79. The highest BCUT2D eigenvalue weighted by molar-refractivity contribution is 7.89. The molecule has 0 heterocycles. The smallest absolute Gasteiger partial charge is 0.240 e. The first-order valence-corrected chi connectivity index (χ1v) is 7.51. The Kier molecular flexibility index (Phi) is 6.39. The van der Waals surface area contributed by atoms with E-state index in [1.165, 1.54) is 32.4 Å². The van der Waals surface area contributed by atoms with Gasteiger partial charge < -0.3 is 9.47 Å². The molecule has 0 saturated carbocycles. The van der Waals surface area contributed by atoms with Crippen molar-refractivity contribution >= 4 is 21.6 Å². The molecule has 0 radical (unpaired) electrons. The zero-order chi connectivity index (χ0) is 15.2. The maximum Gasteiger partial charge on any atom is 0.240 e. The minimum absolute atomic E-state index is 0.00577. The lowest BCUT2D eigenvalue weighted by atomic mass is 10.2. The molecule has 0 saturated heterocycles. The Labute approximate surface area is 123 Å². The van der Waals surface area contributed by atoms with Crippen LogP contribution in [0.25, 0.3) is 0 Å². The Morgan fingerprint density at radius 1 is 1.45 bits per heavy atom. The van der Waals surface area contributed by atoms with Gasteiger partial charge >= 0.3 is 0 Å². The number of methoxy groups -OCH3 is 2. The Balaban J connectivity index is 2.84. The number of rotatable bonds is 7. The van der Waals surface area contributed by atoms with Crippen LogP contribution < -0.4 is 4.72 Å². The van der Waals surface area contributed by atoms with Gasteiger partial charge in [0.1, 0.15) is 6.07 Å². The molecule has 0 aliphatic rings. The minimum atomic E-state index is -3.71. The fourth-order valence-electron chi connectivity index (χ4n) is 1.44. The van der Waals surface area contributed by atoms with Gasteiger partial charge in [0.05, 0.1) is 28.2 Å². The molecule has 1 N–H and O–H groups in total. The van der Waals surface area contributed by atoms with Crippen molar-refractivity contribution in [3.05, 3.63) is 28.8 Å². The van der Waals surface area contributed by atoms with E-state index in [2.05, 4.69) is 4.72 Å². The average molecular weight is 319 g/mol. The number of hydrogen-bond acceptors (Lipinski definition) is 5. The molecule has 1 rings (SSSR count). The second-order valence-corrected chi connectivity index (χ2v) is 6.09. The van der Waals surface area contributed by atoms with Crippen molar-refractivity contribution in [3.8, 4) is 6.07 Å². The van der Waals surface area contributed by atoms with Crippen LogP contribution in [0.2, 0.25) is 5.02 Å². The van der Waals surface area contributed by atoms with Gasteiger partial charge in [0.25, 0.3) is 0 Å². The Morgan fingerprint density at radius 3 is 2.65 bits per heavy atom. The van der Waals surface area contributed by atoms with E-state index >= 15 is 0 Å². The van der Waals surface area contributed by atoms with Crippen LogP contribution in [0, 0.1) is 11.3 Å². The van der Waals surface area contributed by atoms with Crippen molar-refractivity contribution in [2.24, 2.45) is 0 Å². The summed E-state index contributed by atoms with van der Waals surface area (Å²) in [7, 11) is -0.741. The Hall–Kier alpha value is -1.17. The standard InChI is InChI=1S/C12H15ClN2O4S/c1-18-8-10(19-2)7-15-20(16,17)11-4-3-9(6-14)12(13)5-11/h3-5,10,15H,7-8H2,1-2H3. The van der Waals surface area contributed by atoms with Crippen LogP contribution in [0.4, 0.5) is 0 Å². The monoisotopic (exact) mass is 318 g/mol. The maximum absolute atomic E-state index is 12.1. The van der Waals surface area contributed by atoms with Gasteiger partial charge in [-0.2, -0.15) is 5.26 Å². The number of sulfonamides is 1. The molecule has 110 valence electrons. The quantitative estimate of drug-likeness (QED) is 0.814. The molecule has 0 amide bonds. The minimum Gasteiger partial charge on any atom is -0.382 e. The number of benzene rings is 1. The van der Waals surface area contributed by atoms with E-state index in [9.17, 15) is 8.42 Å². The first-order valence-electron chi connectivity index (χ1n) is 5.65. The van der Waals surface area contributed by atoms with Crippen molar-refractivity contribution in [3.63, 3.8) is 0 Å². The van der Waals surface area contributed by atoms with Crippen LogP contribution in [0.3, 0.4) is 0 Å². The molecule has 1 unspecified atom stereocenters. The molecule has 1 aromatic carbocycles. The summed E-state index contributed by atoms with van der Waals surface area (Å²) in [5.74, 6) is 0. The van der Waals surface area contributed by atoms with Gasteiger partial charge in [-0.1, -0.05) is 11.6 Å². The SMILES string of the molecule is COCC(CNS(=O)(=O)c1ccc(C#N)c(Cl)c1)OC. The zero-order valence-electron chi connectivity index (χ0n) is 11.1. The summed E-state index contributed by atoms with van der Waals surface area (Å²) in [4.78, 5) is -0.00577. The third-order valence-electron chi connectivity index (χ3n) is 2.56. The summed E-state index contributed by atoms with van der Waals surface area (Å²) in [5.41, 5.74) is 0.222. The molecule has 0 aliphatic carbocycles. The predicted molar refractivity (Wildman–Crippen MR) is 74.0 cm³/mol. The predicted octanol–water partition coefficient (Wildman–Crippen LogP) is 1.15. The molecule has 1 aromatic rings. The average Bonchev–Trinajstić information content (AvgIpc) is 2.43. The highest BCUT2D eigenvalue weighted by Gasteiger charge is 2.18. The summed E-state index contributed by atoms with van der Waals surface area (Å²) >= 11 is 5.82. The summed E-state index contributed by atoms with van der Waals surface area (Å²) in [6.07, 6.45) is -0.386. The van der Waals surface area contributed by atoms with E-state index in [0.717, 1.165) is 0 Å². The normalized spacial score (nSPS) is 12.9. The third-order valence-corrected chi connectivity index (χ3v) is 4.29. The van der Waals surface area contributed by atoms with E-state index < -0.39 is 10.0 Å². The maximum atomic E-state index is 12.1. The molecule has 0 spiro atoms. The molecule has 8 heteroatoms. The van der Waals surface area contributed by atoms with Crippen molar-refractivity contribution in [2.45, 2.75) is 11.0 Å². The summed E-state index contributed by atoms with van der Waals surface area (Å²) in [6.45, 7) is 0.345. The number of nitriles is 1. The van der Waals surface area contributed by atoms with Crippen LogP contribution >= 0.6 is 11.6 Å². The second kappa shape index (κ2) is 7.57. The summed E-state index contributed by atoms with van der Waals surface area (Å²) in [5, 5.41) is 8.84. The van der Waals surface area contributed by atoms with E-state index in [1.54, 1.807) is 0 Å². The lowest BCUT2D eigenvalue weighted by Gasteiger charge is -2.15. The fourth-order valence-corrected chi connectivity index (χ4v) is 2.82. The van der Waals surface area contributed by atoms with Crippen LogP contribution in [0.5, 0.6) is 0 Å². The molecule has 6 nitrogen and oxygen atoms in total. The molecular formula is C12H15ClN2O4S. The van der Waals surface area contributed by atoms with Crippen molar-refractivity contribution < 1.29 is 17.9 Å². The summed E-state index contributed by atoms with van der Waals surface area (Å²) < 4.78 is 36.5. The highest BCUT2D eigenvalue weighted by Crippen LogP contribution is 2.20. The molecule has 20 heavy (non-hydrogen) atoms. The van der Waals surface area contributed by atoms with Gasteiger partial charge in [0.2, 0.25) is 10.0 Å². The number of ether oxygens (including phenoxy) is 2. The Morgan fingerprint density at radius 2 is 2.15 bits per heavy atom. The van der Waals surface area contributed by atoms with Crippen LogP contribution in [-0.2, 0) is 19.5 Å². The zero-order valence-corrected chi connectivity index (χ0v) is 12.7. The van der Waals surface area contributed by atoms with E-state index in [4.69, 9.17) is 26.3 Å². The number of nitrogens with one attached hydrogen (secondary N) is 1. The lowest BCUT2D eigenvalue weighted by Crippen LogP contribution is -2.35. The van der Waals surface area contributed by atoms with Crippen LogP contribution in [-0.4, -0.2) is 41.9 Å². The van der Waals surface area contributed by atoms with Crippen molar-refractivity contribution in [2.75, 3.05) is 27.4 Å². The van der Waals surface area contributed by atoms with Gasteiger partial charge in [-0.15, -0.1) is 0 Å². The van der Waals surface area contributed by atoms with E-state index in [1.807, 2.05) is 6.07 Å².